The van der Waals surface area contributed by atoms with Gasteiger partial charge in [0.15, 0.2) is 0 Å². The first-order valence-electron chi connectivity index (χ1n) is 6.87. The van der Waals surface area contributed by atoms with E-state index in [0.29, 0.717) is 18.1 Å². The van der Waals surface area contributed by atoms with Crippen LogP contribution in [0, 0.1) is 0 Å². The third-order valence-electron chi connectivity index (χ3n) is 2.93. The fraction of sp³-hybridized carbons (Fsp3) is 0.375. The van der Waals surface area contributed by atoms with Crippen LogP contribution in [-0.2, 0) is 6.42 Å². The SMILES string of the molecule is COc1ccc(CC(O)c2cncc(OC(C)C)c2)cn1. The van der Waals surface area contributed by atoms with Crippen molar-refractivity contribution in [3.05, 3.63) is 47.9 Å². The Bertz CT molecular complexity index is 570. The van der Waals surface area contributed by atoms with E-state index >= 15 is 0 Å². The maximum atomic E-state index is 10.3. The fourth-order valence-corrected chi connectivity index (χ4v) is 1.95. The van der Waals surface area contributed by atoms with Gasteiger partial charge in [-0.2, -0.15) is 0 Å². The number of rotatable bonds is 6. The molecule has 21 heavy (non-hydrogen) atoms. The smallest absolute Gasteiger partial charge is 0.212 e. The van der Waals surface area contributed by atoms with Gasteiger partial charge in [-0.1, -0.05) is 6.07 Å². The van der Waals surface area contributed by atoms with Gasteiger partial charge < -0.3 is 14.6 Å². The van der Waals surface area contributed by atoms with Crippen molar-refractivity contribution >= 4 is 0 Å². The molecule has 5 heteroatoms. The van der Waals surface area contributed by atoms with Crippen LogP contribution in [0.5, 0.6) is 11.6 Å². The molecule has 0 aliphatic carbocycles. The van der Waals surface area contributed by atoms with E-state index < -0.39 is 6.10 Å². The number of aliphatic hydroxyl groups excluding tert-OH is 1. The highest BCUT2D eigenvalue weighted by atomic mass is 16.5. The molecule has 1 unspecified atom stereocenters. The maximum Gasteiger partial charge on any atom is 0.212 e. The second kappa shape index (κ2) is 7.04. The Kier molecular flexibility index (Phi) is 5.11. The second-order valence-electron chi connectivity index (χ2n) is 5.05. The maximum absolute atomic E-state index is 10.3. The molecule has 0 spiro atoms. The van der Waals surface area contributed by atoms with Crippen LogP contribution in [0.3, 0.4) is 0 Å². The van der Waals surface area contributed by atoms with Crippen molar-refractivity contribution in [2.24, 2.45) is 0 Å². The molecule has 0 aromatic carbocycles. The molecular formula is C16H20N2O3. The number of aromatic nitrogens is 2. The van der Waals surface area contributed by atoms with Crippen LogP contribution in [0.4, 0.5) is 0 Å². The third kappa shape index (κ3) is 4.43. The molecular weight excluding hydrogens is 268 g/mol. The highest BCUT2D eigenvalue weighted by molar-refractivity contribution is 5.27. The van der Waals surface area contributed by atoms with E-state index in [1.54, 1.807) is 31.8 Å². The zero-order valence-corrected chi connectivity index (χ0v) is 12.5. The quantitative estimate of drug-likeness (QED) is 0.885. The predicted molar refractivity (Wildman–Crippen MR) is 79.5 cm³/mol. The monoisotopic (exact) mass is 288 g/mol. The van der Waals surface area contributed by atoms with Crippen LogP contribution < -0.4 is 9.47 Å². The minimum atomic E-state index is -0.650. The number of hydrogen-bond donors (Lipinski definition) is 1. The van der Waals surface area contributed by atoms with E-state index in [1.807, 2.05) is 26.0 Å². The number of methoxy groups -OCH3 is 1. The van der Waals surface area contributed by atoms with Crippen LogP contribution >= 0.6 is 0 Å². The number of aliphatic hydroxyl groups is 1. The molecule has 0 saturated carbocycles. The normalized spacial score (nSPS) is 12.2. The summed E-state index contributed by atoms with van der Waals surface area (Å²) in [5.41, 5.74) is 1.66. The average molecular weight is 288 g/mol. The Morgan fingerprint density at radius 3 is 2.62 bits per heavy atom. The van der Waals surface area contributed by atoms with Crippen LogP contribution in [-0.4, -0.2) is 28.3 Å². The Labute approximate surface area is 124 Å². The van der Waals surface area contributed by atoms with E-state index in [-0.39, 0.29) is 6.10 Å². The molecule has 5 nitrogen and oxygen atoms in total. The summed E-state index contributed by atoms with van der Waals surface area (Å²) in [6.07, 6.45) is 4.88. The van der Waals surface area contributed by atoms with Crippen LogP contribution in [0.2, 0.25) is 0 Å². The minimum absolute atomic E-state index is 0.0741. The summed E-state index contributed by atoms with van der Waals surface area (Å²) < 4.78 is 10.6. The van der Waals surface area contributed by atoms with Crippen molar-refractivity contribution < 1.29 is 14.6 Å². The van der Waals surface area contributed by atoms with E-state index in [4.69, 9.17) is 9.47 Å². The minimum Gasteiger partial charge on any atom is -0.489 e. The molecule has 1 atom stereocenters. The lowest BCUT2D eigenvalue weighted by Gasteiger charge is -2.14. The van der Waals surface area contributed by atoms with Gasteiger partial charge in [-0.25, -0.2) is 4.98 Å². The third-order valence-corrected chi connectivity index (χ3v) is 2.93. The summed E-state index contributed by atoms with van der Waals surface area (Å²) in [5, 5.41) is 10.3. The summed E-state index contributed by atoms with van der Waals surface area (Å²) in [7, 11) is 1.57. The Morgan fingerprint density at radius 1 is 1.19 bits per heavy atom. The van der Waals surface area contributed by atoms with Crippen LogP contribution in [0.15, 0.2) is 36.8 Å². The fourth-order valence-electron chi connectivity index (χ4n) is 1.95. The molecule has 0 bridgehead atoms. The van der Waals surface area contributed by atoms with Crippen molar-refractivity contribution in [3.8, 4) is 11.6 Å². The second-order valence-corrected chi connectivity index (χ2v) is 5.05. The summed E-state index contributed by atoms with van der Waals surface area (Å²) in [4.78, 5) is 8.23. The number of pyridine rings is 2. The molecule has 0 amide bonds. The van der Waals surface area contributed by atoms with Gasteiger partial charge in [0.25, 0.3) is 0 Å². The molecule has 0 aliphatic heterocycles. The van der Waals surface area contributed by atoms with Gasteiger partial charge in [0.2, 0.25) is 5.88 Å². The topological polar surface area (TPSA) is 64.5 Å². The lowest BCUT2D eigenvalue weighted by atomic mass is 10.0. The summed E-state index contributed by atoms with van der Waals surface area (Å²) in [6.45, 7) is 3.90. The average Bonchev–Trinajstić information content (AvgIpc) is 2.47. The summed E-state index contributed by atoms with van der Waals surface area (Å²) in [6, 6.07) is 5.48. The number of hydrogen-bond acceptors (Lipinski definition) is 5. The molecule has 2 aromatic rings. The van der Waals surface area contributed by atoms with E-state index in [1.165, 1.54) is 0 Å². The Hall–Kier alpha value is -2.14. The summed E-state index contributed by atoms with van der Waals surface area (Å²) >= 11 is 0. The van der Waals surface area contributed by atoms with Crippen molar-refractivity contribution in [3.63, 3.8) is 0 Å². The number of ether oxygens (including phenoxy) is 2. The number of nitrogens with zero attached hydrogens (tertiary/aromatic N) is 2. The molecule has 2 aromatic heterocycles. The van der Waals surface area contributed by atoms with Crippen molar-refractivity contribution in [1.29, 1.82) is 0 Å². The molecule has 112 valence electrons. The highest BCUT2D eigenvalue weighted by Crippen LogP contribution is 2.22. The predicted octanol–water partition coefficient (Wildman–Crippen LogP) is 2.55. The van der Waals surface area contributed by atoms with Gasteiger partial charge in [0.05, 0.1) is 25.5 Å². The van der Waals surface area contributed by atoms with E-state index in [0.717, 1.165) is 11.1 Å². The Morgan fingerprint density at radius 2 is 2.00 bits per heavy atom. The molecule has 0 radical (unpaired) electrons. The Balaban J connectivity index is 2.06. The molecule has 0 aliphatic rings. The largest absolute Gasteiger partial charge is 0.489 e. The molecule has 0 saturated heterocycles. The van der Waals surface area contributed by atoms with Gasteiger partial charge in [0.1, 0.15) is 5.75 Å². The first kappa shape index (κ1) is 15.3. The van der Waals surface area contributed by atoms with E-state index in [2.05, 4.69) is 9.97 Å². The van der Waals surface area contributed by atoms with Crippen LogP contribution in [0.1, 0.15) is 31.1 Å². The molecule has 2 heterocycles. The van der Waals surface area contributed by atoms with Crippen molar-refractivity contribution in [1.82, 2.24) is 9.97 Å². The van der Waals surface area contributed by atoms with Gasteiger partial charge in [0, 0.05) is 30.4 Å². The van der Waals surface area contributed by atoms with E-state index in [9.17, 15) is 5.11 Å². The first-order valence-corrected chi connectivity index (χ1v) is 6.87. The first-order chi connectivity index (χ1) is 10.1. The molecule has 1 N–H and O–H groups in total. The van der Waals surface area contributed by atoms with Crippen molar-refractivity contribution in [2.75, 3.05) is 7.11 Å². The van der Waals surface area contributed by atoms with Gasteiger partial charge in [-0.3, -0.25) is 4.98 Å². The zero-order valence-electron chi connectivity index (χ0n) is 12.5. The molecule has 0 fully saturated rings. The standard InChI is InChI=1S/C16H20N2O3/c1-11(2)21-14-7-13(9-17-10-14)15(19)6-12-4-5-16(20-3)18-8-12/h4-5,7-11,15,19H,6H2,1-3H3. The molecule has 2 rings (SSSR count). The van der Waals surface area contributed by atoms with Gasteiger partial charge in [-0.05, 0) is 25.5 Å². The highest BCUT2D eigenvalue weighted by Gasteiger charge is 2.11. The van der Waals surface area contributed by atoms with Gasteiger partial charge >= 0.3 is 0 Å². The zero-order chi connectivity index (χ0) is 15.2. The lowest BCUT2D eigenvalue weighted by molar-refractivity contribution is 0.176. The van der Waals surface area contributed by atoms with Crippen molar-refractivity contribution in [2.45, 2.75) is 32.5 Å². The summed E-state index contributed by atoms with van der Waals surface area (Å²) in [5.74, 6) is 1.22. The van der Waals surface area contributed by atoms with Gasteiger partial charge in [-0.15, -0.1) is 0 Å². The lowest BCUT2D eigenvalue weighted by Crippen LogP contribution is -2.08. The van der Waals surface area contributed by atoms with Crippen LogP contribution in [0.25, 0.3) is 0 Å².